The zero-order chi connectivity index (χ0) is 20.4. The summed E-state index contributed by atoms with van der Waals surface area (Å²) >= 11 is 0. The smallest absolute Gasteiger partial charge is 0.0399 e. The average molecular weight is 380 g/mol. The van der Waals surface area contributed by atoms with Crippen molar-refractivity contribution in [1.29, 1.82) is 0 Å². The molecule has 0 fully saturated rings. The van der Waals surface area contributed by atoms with Gasteiger partial charge in [-0.2, -0.15) is 0 Å². The summed E-state index contributed by atoms with van der Waals surface area (Å²) in [5.74, 6) is 0.409. The molecule has 0 atom stereocenters. The molecule has 0 aromatic heterocycles. The number of anilines is 2. The topological polar surface area (TPSA) is 18.8 Å². The third kappa shape index (κ3) is 6.12. The summed E-state index contributed by atoms with van der Waals surface area (Å²) in [6, 6.07) is 17.7. The second-order valence-electron chi connectivity index (χ2n) is 7.96. The van der Waals surface area contributed by atoms with E-state index in [1.807, 2.05) is 0 Å². The van der Waals surface area contributed by atoms with Crippen molar-refractivity contribution in [2.75, 3.05) is 44.5 Å². The van der Waals surface area contributed by atoms with E-state index in [0.29, 0.717) is 5.92 Å². The van der Waals surface area contributed by atoms with E-state index in [1.54, 1.807) is 0 Å². The van der Waals surface area contributed by atoms with Crippen molar-refractivity contribution in [2.45, 2.75) is 44.4 Å². The van der Waals surface area contributed by atoms with Crippen LogP contribution in [0.25, 0.3) is 0 Å². The van der Waals surface area contributed by atoms with Crippen LogP contribution in [-0.4, -0.2) is 41.5 Å². The first-order valence-electron chi connectivity index (χ1n) is 10.5. The molecule has 0 spiro atoms. The Balaban J connectivity index is 2.24. The Morgan fingerprint density at radius 2 is 1.18 bits per heavy atom. The maximum Gasteiger partial charge on any atom is 0.0399 e. The average Bonchev–Trinajstić information content (AvgIpc) is 2.70. The third-order valence-electron chi connectivity index (χ3n) is 5.40. The van der Waals surface area contributed by atoms with Gasteiger partial charge in [0.2, 0.25) is 0 Å². The van der Waals surface area contributed by atoms with Crippen LogP contribution in [-0.2, 0) is 0 Å². The van der Waals surface area contributed by atoms with Gasteiger partial charge in [0.1, 0.15) is 0 Å². The molecule has 0 N–H and O–H groups in total. The fraction of sp³-hybridized carbons (Fsp3) is 0.480. The molecule has 0 heterocycles. The number of hydrogen-bond donors (Lipinski definition) is 0. The fourth-order valence-electron chi connectivity index (χ4n) is 3.96. The molecule has 2 rings (SSSR count). The third-order valence-corrected chi connectivity index (χ3v) is 5.40. The standard InChI is InChI=1S/C25H37N3/c1-26-20-14-8-6-7-9-15-21(22-16-10-12-18-24(22)27(2)3)23-17-11-13-19-25(23)28(4)5/h10-13,16-19,21H,1,6-9,14-15,20H2,2-5H3. The number of benzene rings is 2. The van der Waals surface area contributed by atoms with Crippen molar-refractivity contribution in [3.8, 4) is 0 Å². The van der Waals surface area contributed by atoms with E-state index in [9.17, 15) is 0 Å². The van der Waals surface area contributed by atoms with Crippen molar-refractivity contribution in [3.05, 3.63) is 59.7 Å². The number of nitrogens with zero attached hydrogens (tertiary/aromatic N) is 3. The lowest BCUT2D eigenvalue weighted by Crippen LogP contribution is -2.17. The van der Waals surface area contributed by atoms with Gasteiger partial charge in [0.05, 0.1) is 0 Å². The van der Waals surface area contributed by atoms with Crippen molar-refractivity contribution in [1.82, 2.24) is 0 Å². The molecule has 0 aliphatic carbocycles. The van der Waals surface area contributed by atoms with E-state index >= 15 is 0 Å². The van der Waals surface area contributed by atoms with Gasteiger partial charge in [0.15, 0.2) is 0 Å². The van der Waals surface area contributed by atoms with Gasteiger partial charge in [-0.3, -0.25) is 0 Å². The molecule has 3 heteroatoms. The van der Waals surface area contributed by atoms with Crippen LogP contribution in [0.5, 0.6) is 0 Å². The largest absolute Gasteiger partial charge is 0.377 e. The minimum Gasteiger partial charge on any atom is -0.377 e. The minimum absolute atomic E-state index is 0.409. The minimum atomic E-state index is 0.409. The second kappa shape index (κ2) is 11.5. The molecular formula is C25H37N3. The van der Waals surface area contributed by atoms with Crippen molar-refractivity contribution in [3.63, 3.8) is 0 Å². The Hall–Kier alpha value is -2.29. The van der Waals surface area contributed by atoms with Crippen LogP contribution >= 0.6 is 0 Å². The lowest BCUT2D eigenvalue weighted by Gasteiger charge is -2.28. The molecule has 0 bridgehead atoms. The van der Waals surface area contributed by atoms with Gasteiger partial charge in [-0.1, -0.05) is 62.1 Å². The van der Waals surface area contributed by atoms with Gasteiger partial charge in [-0.15, -0.1) is 0 Å². The fourth-order valence-corrected chi connectivity index (χ4v) is 3.96. The van der Waals surface area contributed by atoms with Crippen LogP contribution in [0.1, 0.15) is 55.6 Å². The number of aliphatic imine (C=N–C) groups is 1. The normalized spacial score (nSPS) is 10.9. The Morgan fingerprint density at radius 1 is 0.714 bits per heavy atom. The van der Waals surface area contributed by atoms with Crippen molar-refractivity contribution >= 4 is 18.1 Å². The lowest BCUT2D eigenvalue weighted by atomic mass is 9.84. The summed E-state index contributed by atoms with van der Waals surface area (Å²) in [6.45, 7) is 4.47. The van der Waals surface area contributed by atoms with Gasteiger partial charge >= 0.3 is 0 Å². The number of hydrogen-bond acceptors (Lipinski definition) is 3. The number of rotatable bonds is 12. The molecule has 0 aliphatic heterocycles. The van der Waals surface area contributed by atoms with E-state index in [0.717, 1.165) is 6.54 Å². The van der Waals surface area contributed by atoms with E-state index in [-0.39, 0.29) is 0 Å². The molecule has 28 heavy (non-hydrogen) atoms. The predicted molar refractivity (Wildman–Crippen MR) is 125 cm³/mol. The highest BCUT2D eigenvalue weighted by molar-refractivity contribution is 5.62. The van der Waals surface area contributed by atoms with E-state index in [1.165, 1.54) is 61.0 Å². The first kappa shape index (κ1) is 22.0. The molecule has 0 saturated heterocycles. The molecule has 2 aromatic rings. The summed E-state index contributed by atoms with van der Waals surface area (Å²) in [5, 5.41) is 0. The van der Waals surface area contributed by atoms with Crippen LogP contribution in [0.2, 0.25) is 0 Å². The Labute approximate surface area is 172 Å². The summed E-state index contributed by atoms with van der Waals surface area (Å²) in [7, 11) is 8.56. The van der Waals surface area contributed by atoms with Crippen LogP contribution in [0, 0.1) is 0 Å². The summed E-state index contributed by atoms with van der Waals surface area (Å²) in [5.41, 5.74) is 5.49. The Morgan fingerprint density at radius 3 is 1.68 bits per heavy atom. The summed E-state index contributed by atoms with van der Waals surface area (Å²) in [4.78, 5) is 8.43. The van der Waals surface area contributed by atoms with Gasteiger partial charge in [0.25, 0.3) is 0 Å². The molecule has 152 valence electrons. The first-order valence-corrected chi connectivity index (χ1v) is 10.5. The Kier molecular flexibility index (Phi) is 9.06. The molecule has 0 unspecified atom stereocenters. The molecule has 0 radical (unpaired) electrons. The molecule has 0 amide bonds. The highest BCUT2D eigenvalue weighted by Crippen LogP contribution is 2.39. The number of para-hydroxylation sites is 2. The van der Waals surface area contributed by atoms with Gasteiger partial charge < -0.3 is 14.8 Å². The summed E-state index contributed by atoms with van der Waals surface area (Å²) in [6.07, 6.45) is 7.41. The summed E-state index contributed by atoms with van der Waals surface area (Å²) < 4.78 is 0. The predicted octanol–water partition coefficient (Wildman–Crippen LogP) is 5.99. The molecular weight excluding hydrogens is 342 g/mol. The van der Waals surface area contributed by atoms with Crippen LogP contribution in [0.15, 0.2) is 53.5 Å². The highest BCUT2D eigenvalue weighted by Gasteiger charge is 2.21. The second-order valence-corrected chi connectivity index (χ2v) is 7.96. The first-order chi connectivity index (χ1) is 13.6. The van der Waals surface area contributed by atoms with E-state index in [4.69, 9.17) is 0 Å². The van der Waals surface area contributed by atoms with Crippen molar-refractivity contribution < 1.29 is 0 Å². The highest BCUT2D eigenvalue weighted by atomic mass is 15.1. The van der Waals surface area contributed by atoms with Crippen LogP contribution in [0.4, 0.5) is 11.4 Å². The molecule has 2 aromatic carbocycles. The van der Waals surface area contributed by atoms with E-state index < -0.39 is 0 Å². The van der Waals surface area contributed by atoms with Crippen molar-refractivity contribution in [2.24, 2.45) is 4.99 Å². The zero-order valence-electron chi connectivity index (χ0n) is 18.2. The SMILES string of the molecule is C=NCCCCCCCC(c1ccccc1N(C)C)c1ccccc1N(C)C. The quantitative estimate of drug-likeness (QED) is 0.333. The van der Waals surface area contributed by atoms with Gasteiger partial charge in [-0.05, 0) is 42.8 Å². The maximum absolute atomic E-state index is 3.95. The monoisotopic (exact) mass is 379 g/mol. The van der Waals surface area contributed by atoms with Gasteiger partial charge in [0, 0.05) is 52.0 Å². The molecule has 3 nitrogen and oxygen atoms in total. The lowest BCUT2D eigenvalue weighted by molar-refractivity contribution is 0.574. The number of unbranched alkanes of at least 4 members (excludes halogenated alkanes) is 4. The maximum atomic E-state index is 3.95. The molecule has 0 saturated carbocycles. The Bertz CT molecular complexity index is 670. The van der Waals surface area contributed by atoms with E-state index in [2.05, 4.69) is 98.2 Å². The molecule has 0 aliphatic rings. The zero-order valence-corrected chi connectivity index (χ0v) is 18.2. The van der Waals surface area contributed by atoms with Gasteiger partial charge in [-0.25, -0.2) is 0 Å². The van der Waals surface area contributed by atoms with Crippen LogP contribution < -0.4 is 9.80 Å². The van der Waals surface area contributed by atoms with Crippen LogP contribution in [0.3, 0.4) is 0 Å².